The van der Waals surface area contributed by atoms with Gasteiger partial charge < -0.3 is 34.6 Å². The zero-order valence-corrected chi connectivity index (χ0v) is 19.3. The van der Waals surface area contributed by atoms with Crippen molar-refractivity contribution in [2.75, 3.05) is 6.61 Å². The normalized spacial score (nSPS) is 37.1. The predicted octanol–water partition coefficient (Wildman–Crippen LogP) is -5.22. The van der Waals surface area contributed by atoms with E-state index in [-0.39, 0.29) is 0 Å². The Morgan fingerprint density at radius 1 is 0.943 bits per heavy atom. The molecule has 8 N–H and O–H groups in total. The maximum atomic E-state index is 11.5. The molecule has 0 bridgehead atoms. The number of hydrogen-bond acceptors (Lipinski definition) is 15. The van der Waals surface area contributed by atoms with Crippen LogP contribution < -0.4 is 4.72 Å². The molecule has 23 heteroatoms. The summed E-state index contributed by atoms with van der Waals surface area (Å²) < 4.78 is 117. The molecule has 0 amide bonds. The van der Waals surface area contributed by atoms with E-state index in [1.165, 1.54) is 4.72 Å². The van der Waals surface area contributed by atoms with Crippen molar-refractivity contribution in [1.29, 1.82) is 0 Å². The second kappa shape index (κ2) is 11.1. The van der Waals surface area contributed by atoms with Crippen LogP contribution in [0.2, 0.25) is 0 Å². The predicted molar refractivity (Wildman–Crippen MR) is 101 cm³/mol. The van der Waals surface area contributed by atoms with Gasteiger partial charge in [0.15, 0.2) is 24.8 Å². The minimum atomic E-state index is -5.35. The van der Waals surface area contributed by atoms with Gasteiger partial charge in [0.1, 0.15) is 18.2 Å². The first-order valence-electron chi connectivity index (χ1n) is 9.03. The quantitative estimate of drug-likeness (QED) is 0.112. The van der Waals surface area contributed by atoms with Crippen molar-refractivity contribution in [1.82, 2.24) is 4.72 Å². The molecule has 0 aromatic heterocycles. The molecule has 4 unspecified atom stereocenters. The summed E-state index contributed by atoms with van der Waals surface area (Å²) in [7, 11) is -15.5. The van der Waals surface area contributed by atoms with Gasteiger partial charge in [0.2, 0.25) is 0 Å². The van der Waals surface area contributed by atoms with Gasteiger partial charge in [-0.25, -0.2) is 13.2 Å². The fourth-order valence-electron chi connectivity index (χ4n) is 3.21. The number of rotatable bonds is 10. The van der Waals surface area contributed by atoms with E-state index in [2.05, 4.69) is 13.1 Å². The average Bonchev–Trinajstić information content (AvgIpc) is 2.65. The van der Waals surface area contributed by atoms with Crippen LogP contribution in [0, 0.1) is 0 Å². The second-order valence-corrected chi connectivity index (χ2v) is 10.5. The van der Waals surface area contributed by atoms with Crippen LogP contribution in [0.4, 0.5) is 0 Å². The number of aliphatic hydroxyl groups excluding tert-OH is 3. The molecule has 9 atom stereocenters. The molecule has 2 fully saturated rings. The van der Waals surface area contributed by atoms with Gasteiger partial charge in [-0.1, -0.05) is 0 Å². The van der Waals surface area contributed by atoms with Gasteiger partial charge in [-0.3, -0.25) is 13.7 Å². The molecular weight excluding hydrogens is 558 g/mol. The SMILES string of the molecule is O=C(O)C1O[C@@H](O)C(OS(=O)(=O)O)[C@H](O)[C@@H]1O[C@H]1OC(COS(=O)(=O)O)C[C@@H](O)C1NS(=O)(=O)O. The van der Waals surface area contributed by atoms with Gasteiger partial charge in [0.25, 0.3) is 0 Å². The molecule has 0 aliphatic carbocycles. The van der Waals surface area contributed by atoms with Crippen LogP contribution in [-0.4, -0.2) is 127 Å². The molecule has 2 rings (SSSR count). The van der Waals surface area contributed by atoms with Crippen molar-refractivity contribution >= 4 is 37.1 Å². The van der Waals surface area contributed by atoms with E-state index in [0.717, 1.165) is 0 Å². The first-order chi connectivity index (χ1) is 15.8. The van der Waals surface area contributed by atoms with Gasteiger partial charge in [-0.15, -0.1) is 0 Å². The highest BCUT2D eigenvalue weighted by Gasteiger charge is 2.53. The Hall–Kier alpha value is -1.16. The zero-order chi connectivity index (χ0) is 26.9. The third-order valence-corrected chi connectivity index (χ3v) is 6.00. The van der Waals surface area contributed by atoms with Crippen LogP contribution in [0.5, 0.6) is 0 Å². The highest BCUT2D eigenvalue weighted by Crippen LogP contribution is 2.30. The van der Waals surface area contributed by atoms with Crippen LogP contribution in [0.15, 0.2) is 0 Å². The second-order valence-electron chi connectivity index (χ2n) is 7.13. The zero-order valence-electron chi connectivity index (χ0n) is 16.9. The summed E-state index contributed by atoms with van der Waals surface area (Å²) in [5, 5.41) is 39.8. The number of carbonyl (C=O) groups is 1. The van der Waals surface area contributed by atoms with Gasteiger partial charge in [0.05, 0.1) is 18.8 Å². The smallest absolute Gasteiger partial charge is 0.397 e. The minimum Gasteiger partial charge on any atom is -0.479 e. The van der Waals surface area contributed by atoms with Crippen molar-refractivity contribution in [2.45, 2.75) is 61.7 Å². The molecular formula is C12H21NO19S3. The van der Waals surface area contributed by atoms with Crippen LogP contribution in [0.1, 0.15) is 6.42 Å². The van der Waals surface area contributed by atoms with E-state index in [9.17, 15) is 50.5 Å². The Morgan fingerprint density at radius 3 is 2.03 bits per heavy atom. The third kappa shape index (κ3) is 9.02. The topological polar surface area (TPSA) is 319 Å². The molecule has 35 heavy (non-hydrogen) atoms. The lowest BCUT2D eigenvalue weighted by molar-refractivity contribution is -0.322. The fourth-order valence-corrected chi connectivity index (χ4v) is 4.63. The van der Waals surface area contributed by atoms with Crippen molar-refractivity contribution in [3.63, 3.8) is 0 Å². The molecule has 20 nitrogen and oxygen atoms in total. The highest BCUT2D eigenvalue weighted by molar-refractivity contribution is 7.83. The van der Waals surface area contributed by atoms with Gasteiger partial charge >= 0.3 is 37.1 Å². The van der Waals surface area contributed by atoms with Crippen LogP contribution in [-0.2, 0) is 58.5 Å². The first kappa shape index (κ1) is 30.1. The minimum absolute atomic E-state index is 0.595. The van der Waals surface area contributed by atoms with E-state index in [0.29, 0.717) is 0 Å². The molecule has 0 radical (unpaired) electrons. The number of hydrogen-bond donors (Lipinski definition) is 8. The largest absolute Gasteiger partial charge is 0.479 e. The highest BCUT2D eigenvalue weighted by atomic mass is 32.3. The summed E-state index contributed by atoms with van der Waals surface area (Å²) in [6.45, 7) is -0.979. The van der Waals surface area contributed by atoms with Gasteiger partial charge in [0, 0.05) is 6.42 Å². The molecule has 0 aromatic rings. The lowest BCUT2D eigenvalue weighted by Crippen LogP contribution is -2.65. The molecule has 0 aromatic carbocycles. The lowest BCUT2D eigenvalue weighted by atomic mass is 9.97. The fraction of sp³-hybridized carbons (Fsp3) is 0.917. The summed E-state index contributed by atoms with van der Waals surface area (Å²) in [6.07, 6.45) is -18.0. The van der Waals surface area contributed by atoms with Gasteiger partial charge in [-0.05, 0) is 0 Å². The molecule has 206 valence electrons. The summed E-state index contributed by atoms with van der Waals surface area (Å²) in [5.41, 5.74) is 0. The van der Waals surface area contributed by atoms with Gasteiger partial charge in [-0.2, -0.15) is 30.0 Å². The summed E-state index contributed by atoms with van der Waals surface area (Å²) in [5.74, 6) is -1.92. The summed E-state index contributed by atoms with van der Waals surface area (Å²) in [4.78, 5) is 11.5. The lowest BCUT2D eigenvalue weighted by Gasteiger charge is -2.44. The van der Waals surface area contributed by atoms with E-state index in [4.69, 9.17) is 23.1 Å². The number of aliphatic carboxylic acids is 1. The number of aliphatic hydroxyl groups is 3. The maximum absolute atomic E-state index is 11.5. The monoisotopic (exact) mass is 579 g/mol. The average molecular weight is 579 g/mol. The standard InChI is InChI=1S/C12H21NO19S3/c14-4-1-3(2-28-34(22,23)24)29-12(5(4)13-33(19,20)21)31-7-6(15)8(32-35(25,26)27)11(18)30-9(7)10(16)17/h3-9,11-15,18H,1-2H2,(H,16,17)(H,19,20,21)(H,22,23,24)(H,25,26,27)/t3?,4-,5?,6-,7+,8?,9?,11-,12-/m1/s1. The van der Waals surface area contributed by atoms with E-state index in [1.807, 2.05) is 0 Å². The molecule has 2 aliphatic rings. The van der Waals surface area contributed by atoms with E-state index < -0.39 is 105 Å². The summed E-state index contributed by atoms with van der Waals surface area (Å²) >= 11 is 0. The van der Waals surface area contributed by atoms with Crippen molar-refractivity contribution in [3.8, 4) is 0 Å². The maximum Gasteiger partial charge on any atom is 0.397 e. The Morgan fingerprint density at radius 2 is 1.54 bits per heavy atom. The van der Waals surface area contributed by atoms with E-state index in [1.54, 1.807) is 0 Å². The van der Waals surface area contributed by atoms with Crippen molar-refractivity contribution in [3.05, 3.63) is 0 Å². The molecule has 2 aliphatic heterocycles. The number of ether oxygens (including phenoxy) is 3. The third-order valence-electron chi connectivity index (χ3n) is 4.53. The number of carboxylic acid groups (broad SMARTS) is 1. The number of nitrogens with one attached hydrogen (secondary N) is 1. The molecule has 0 spiro atoms. The van der Waals surface area contributed by atoms with Crippen LogP contribution in [0.25, 0.3) is 0 Å². The Bertz CT molecular complexity index is 1070. The van der Waals surface area contributed by atoms with Crippen LogP contribution in [0.3, 0.4) is 0 Å². The Labute approximate surface area is 197 Å². The first-order valence-corrected chi connectivity index (χ1v) is 13.2. The summed E-state index contributed by atoms with van der Waals surface area (Å²) in [6, 6.07) is -1.96. The van der Waals surface area contributed by atoms with E-state index >= 15 is 0 Å². The molecule has 2 heterocycles. The molecule has 2 saturated heterocycles. The van der Waals surface area contributed by atoms with Crippen molar-refractivity contribution < 1.29 is 86.7 Å². The Balaban J connectivity index is 2.38. The number of carboxylic acids is 1. The van der Waals surface area contributed by atoms with Crippen LogP contribution >= 0.6 is 0 Å². The Kier molecular flexibility index (Phi) is 9.51. The molecule has 0 saturated carbocycles. The van der Waals surface area contributed by atoms with Crippen molar-refractivity contribution in [2.24, 2.45) is 0 Å².